The average Bonchev–Trinajstić information content (AvgIpc) is 3.32. The van der Waals surface area contributed by atoms with Gasteiger partial charge in [0.15, 0.2) is 5.69 Å². The van der Waals surface area contributed by atoms with Crippen LogP contribution in [-0.4, -0.2) is 32.1 Å². The fourth-order valence-corrected chi connectivity index (χ4v) is 2.38. The van der Waals surface area contributed by atoms with Crippen molar-refractivity contribution in [3.05, 3.63) is 66.3 Å². The van der Waals surface area contributed by atoms with E-state index in [4.69, 9.17) is 9.47 Å². The smallest absolute Gasteiger partial charge is 0.358 e. The van der Waals surface area contributed by atoms with Gasteiger partial charge in [0.2, 0.25) is 0 Å². The lowest BCUT2D eigenvalue weighted by Crippen LogP contribution is -2.04. The number of benzene rings is 1. The highest BCUT2D eigenvalue weighted by atomic mass is 16.5. The van der Waals surface area contributed by atoms with E-state index in [2.05, 4.69) is 15.0 Å². The largest absolute Gasteiger partial charge is 0.461 e. The summed E-state index contributed by atoms with van der Waals surface area (Å²) in [6, 6.07) is 7.86. The number of hydrogen-bond donors (Lipinski definition) is 1. The van der Waals surface area contributed by atoms with Crippen LogP contribution in [0.15, 0.2) is 49.2 Å². The number of hydrogen-bond acceptors (Lipinski definition) is 5. The van der Waals surface area contributed by atoms with Crippen LogP contribution in [0.4, 0.5) is 0 Å². The van der Waals surface area contributed by atoms with Crippen LogP contribution in [0.1, 0.15) is 41.8 Å². The fourth-order valence-electron chi connectivity index (χ4n) is 2.38. The van der Waals surface area contributed by atoms with Crippen molar-refractivity contribution in [3.8, 4) is 5.69 Å². The van der Waals surface area contributed by atoms with Gasteiger partial charge in [-0.15, -0.1) is 0 Å². The Morgan fingerprint density at radius 2 is 2.24 bits per heavy atom. The summed E-state index contributed by atoms with van der Waals surface area (Å²) in [7, 11) is 0. The zero-order valence-electron chi connectivity index (χ0n) is 14.2. The second-order valence-corrected chi connectivity index (χ2v) is 5.48. The topological polar surface area (TPSA) is 82.0 Å². The van der Waals surface area contributed by atoms with Gasteiger partial charge in [0.05, 0.1) is 13.2 Å². The van der Waals surface area contributed by atoms with Gasteiger partial charge in [-0.2, -0.15) is 0 Å². The summed E-state index contributed by atoms with van der Waals surface area (Å²) < 4.78 is 12.6. The van der Waals surface area contributed by atoms with Crippen molar-refractivity contribution in [2.75, 3.05) is 6.61 Å². The predicted molar refractivity (Wildman–Crippen MR) is 91.3 cm³/mol. The highest BCUT2D eigenvalue weighted by molar-refractivity contribution is 5.87. The molecule has 7 heteroatoms. The standard InChI is InChI=1S/C18H20N4O3/c1-3-24-18(23)16-10-22(12-21-16)15-6-4-5-14(9-15)11-25-13(2)17-19-7-8-20-17/h4-10,12-13H,3,11H2,1-2H3,(H,19,20). The van der Waals surface area contributed by atoms with Gasteiger partial charge in [0, 0.05) is 24.3 Å². The number of imidazole rings is 2. The Morgan fingerprint density at radius 3 is 3.00 bits per heavy atom. The molecule has 2 heterocycles. The first-order valence-corrected chi connectivity index (χ1v) is 8.08. The number of ether oxygens (including phenoxy) is 2. The molecule has 25 heavy (non-hydrogen) atoms. The van der Waals surface area contributed by atoms with Crippen molar-refractivity contribution < 1.29 is 14.3 Å². The van der Waals surface area contributed by atoms with E-state index in [1.807, 2.05) is 31.2 Å². The van der Waals surface area contributed by atoms with E-state index in [1.54, 1.807) is 36.4 Å². The molecule has 0 amide bonds. The third-order valence-electron chi connectivity index (χ3n) is 3.68. The molecule has 0 aliphatic rings. The van der Waals surface area contributed by atoms with Crippen molar-refractivity contribution in [1.29, 1.82) is 0 Å². The second-order valence-electron chi connectivity index (χ2n) is 5.48. The number of carbonyl (C=O) groups is 1. The molecular formula is C18H20N4O3. The summed E-state index contributed by atoms with van der Waals surface area (Å²) in [5.41, 5.74) is 2.20. The van der Waals surface area contributed by atoms with Gasteiger partial charge in [0.1, 0.15) is 18.3 Å². The Balaban J connectivity index is 1.68. The molecular weight excluding hydrogens is 320 g/mol. The number of nitrogens with one attached hydrogen (secondary N) is 1. The maximum absolute atomic E-state index is 11.7. The summed E-state index contributed by atoms with van der Waals surface area (Å²) in [6.07, 6.45) is 6.61. The number of H-pyrrole nitrogens is 1. The van der Waals surface area contributed by atoms with Crippen molar-refractivity contribution in [1.82, 2.24) is 19.5 Å². The minimum atomic E-state index is -0.423. The first-order chi connectivity index (χ1) is 12.2. The Bertz CT molecular complexity index is 826. The van der Waals surface area contributed by atoms with E-state index in [0.717, 1.165) is 17.1 Å². The lowest BCUT2D eigenvalue weighted by Gasteiger charge is -2.11. The Morgan fingerprint density at radius 1 is 1.36 bits per heavy atom. The molecule has 1 N–H and O–H groups in total. The van der Waals surface area contributed by atoms with E-state index >= 15 is 0 Å². The van der Waals surface area contributed by atoms with Crippen LogP contribution >= 0.6 is 0 Å². The summed E-state index contributed by atoms with van der Waals surface area (Å²) in [6.45, 7) is 4.49. The monoisotopic (exact) mass is 340 g/mol. The van der Waals surface area contributed by atoms with Gasteiger partial charge in [-0.25, -0.2) is 14.8 Å². The zero-order chi connectivity index (χ0) is 17.6. The maximum Gasteiger partial charge on any atom is 0.358 e. The molecule has 1 atom stereocenters. The Kier molecular flexibility index (Phi) is 5.25. The molecule has 130 valence electrons. The molecule has 0 bridgehead atoms. The van der Waals surface area contributed by atoms with Crippen LogP contribution in [0.5, 0.6) is 0 Å². The van der Waals surface area contributed by atoms with E-state index in [-0.39, 0.29) is 11.8 Å². The third kappa shape index (κ3) is 4.13. The number of rotatable bonds is 7. The van der Waals surface area contributed by atoms with Gasteiger partial charge in [0.25, 0.3) is 0 Å². The fraction of sp³-hybridized carbons (Fsp3) is 0.278. The number of nitrogens with zero attached hydrogens (tertiary/aromatic N) is 3. The molecule has 1 aromatic carbocycles. The molecule has 0 aliphatic heterocycles. The van der Waals surface area contributed by atoms with Gasteiger partial charge < -0.3 is 19.0 Å². The molecule has 0 radical (unpaired) electrons. The molecule has 0 saturated carbocycles. The molecule has 0 aliphatic carbocycles. The SMILES string of the molecule is CCOC(=O)c1cn(-c2cccc(COC(C)c3ncc[nH]3)c2)cn1. The number of aromatic amines is 1. The van der Waals surface area contributed by atoms with E-state index in [0.29, 0.717) is 13.2 Å². The third-order valence-corrected chi connectivity index (χ3v) is 3.68. The lowest BCUT2D eigenvalue weighted by atomic mass is 10.2. The van der Waals surface area contributed by atoms with Crippen molar-refractivity contribution >= 4 is 5.97 Å². The maximum atomic E-state index is 11.7. The predicted octanol–water partition coefficient (Wildman–Crippen LogP) is 3.05. The minimum absolute atomic E-state index is 0.123. The highest BCUT2D eigenvalue weighted by Gasteiger charge is 2.11. The normalized spacial score (nSPS) is 12.1. The van der Waals surface area contributed by atoms with Crippen LogP contribution in [0.2, 0.25) is 0 Å². The first-order valence-electron chi connectivity index (χ1n) is 8.08. The number of aromatic nitrogens is 4. The summed E-state index contributed by atoms with van der Waals surface area (Å²) in [5, 5.41) is 0. The van der Waals surface area contributed by atoms with Crippen LogP contribution < -0.4 is 0 Å². The quantitative estimate of drug-likeness (QED) is 0.669. The molecule has 2 aromatic heterocycles. The molecule has 7 nitrogen and oxygen atoms in total. The summed E-state index contributed by atoms with van der Waals surface area (Å²) >= 11 is 0. The van der Waals surface area contributed by atoms with Crippen LogP contribution in [0.3, 0.4) is 0 Å². The van der Waals surface area contributed by atoms with Gasteiger partial charge >= 0.3 is 5.97 Å². The van der Waals surface area contributed by atoms with Crippen molar-refractivity contribution in [3.63, 3.8) is 0 Å². The van der Waals surface area contributed by atoms with E-state index < -0.39 is 5.97 Å². The van der Waals surface area contributed by atoms with E-state index in [1.165, 1.54) is 0 Å². The molecule has 0 fully saturated rings. The van der Waals surface area contributed by atoms with Gasteiger partial charge in [-0.05, 0) is 31.5 Å². The molecule has 0 spiro atoms. The molecule has 0 saturated heterocycles. The highest BCUT2D eigenvalue weighted by Crippen LogP contribution is 2.17. The Hall–Kier alpha value is -2.93. The summed E-state index contributed by atoms with van der Waals surface area (Å²) in [5.74, 6) is 0.373. The second kappa shape index (κ2) is 7.76. The minimum Gasteiger partial charge on any atom is -0.461 e. The molecule has 3 rings (SSSR count). The van der Waals surface area contributed by atoms with E-state index in [9.17, 15) is 4.79 Å². The number of esters is 1. The van der Waals surface area contributed by atoms with Crippen LogP contribution in [-0.2, 0) is 16.1 Å². The lowest BCUT2D eigenvalue weighted by molar-refractivity contribution is 0.0472. The number of carbonyl (C=O) groups excluding carboxylic acids is 1. The Labute approximate surface area is 145 Å². The first kappa shape index (κ1) is 16.9. The molecule has 3 aromatic rings. The summed E-state index contributed by atoms with van der Waals surface area (Å²) in [4.78, 5) is 23.0. The van der Waals surface area contributed by atoms with Gasteiger partial charge in [-0.1, -0.05) is 12.1 Å². The van der Waals surface area contributed by atoms with Crippen molar-refractivity contribution in [2.45, 2.75) is 26.6 Å². The van der Waals surface area contributed by atoms with Crippen molar-refractivity contribution in [2.24, 2.45) is 0 Å². The zero-order valence-corrected chi connectivity index (χ0v) is 14.2. The average molecular weight is 340 g/mol. The van der Waals surface area contributed by atoms with Gasteiger partial charge in [-0.3, -0.25) is 0 Å². The van der Waals surface area contributed by atoms with Crippen LogP contribution in [0, 0.1) is 0 Å². The van der Waals surface area contributed by atoms with Crippen LogP contribution in [0.25, 0.3) is 5.69 Å². The molecule has 1 unspecified atom stereocenters.